The van der Waals surface area contributed by atoms with Gasteiger partial charge in [0.1, 0.15) is 0 Å². The first-order valence-electron chi connectivity index (χ1n) is 6.67. The minimum absolute atomic E-state index is 0. The Morgan fingerprint density at radius 3 is 2.75 bits per heavy atom. The molecule has 2 heterocycles. The number of carbonyl (C=O) groups excluding carboxylic acids is 2. The second-order valence-electron chi connectivity index (χ2n) is 5.03. The maximum Gasteiger partial charge on any atom is 0.223 e. The van der Waals surface area contributed by atoms with Crippen molar-refractivity contribution < 1.29 is 9.59 Å². The van der Waals surface area contributed by atoms with Crippen LogP contribution in [0.3, 0.4) is 0 Å². The molecule has 0 spiro atoms. The predicted molar refractivity (Wildman–Crippen MR) is 83.9 cm³/mol. The molecule has 0 aromatic carbocycles. The van der Waals surface area contributed by atoms with Gasteiger partial charge in [-0.25, -0.2) is 0 Å². The largest absolute Gasteiger partial charge is 0.340 e. The van der Waals surface area contributed by atoms with Crippen molar-refractivity contribution >= 4 is 35.4 Å². The fourth-order valence-corrected chi connectivity index (χ4v) is 3.08. The highest BCUT2D eigenvalue weighted by molar-refractivity contribution is 7.14. The molecule has 1 aliphatic rings. The van der Waals surface area contributed by atoms with E-state index in [0.29, 0.717) is 18.9 Å². The molecule has 0 radical (unpaired) electrons. The summed E-state index contributed by atoms with van der Waals surface area (Å²) in [6.45, 7) is 6.37. The van der Waals surface area contributed by atoms with E-state index in [2.05, 4.69) is 12.2 Å². The molecular formula is C14H21ClN2O2S. The Kier molecular flexibility index (Phi) is 6.65. The van der Waals surface area contributed by atoms with Crippen LogP contribution < -0.4 is 5.32 Å². The van der Waals surface area contributed by atoms with E-state index in [0.717, 1.165) is 29.4 Å². The highest BCUT2D eigenvalue weighted by Crippen LogP contribution is 2.17. The topological polar surface area (TPSA) is 49.4 Å². The second-order valence-corrected chi connectivity index (χ2v) is 6.32. The van der Waals surface area contributed by atoms with E-state index in [9.17, 15) is 9.59 Å². The van der Waals surface area contributed by atoms with E-state index in [1.165, 1.54) is 11.3 Å². The van der Waals surface area contributed by atoms with E-state index in [1.807, 2.05) is 24.0 Å². The Balaban J connectivity index is 0.00000200. The Hall–Kier alpha value is -0.910. The van der Waals surface area contributed by atoms with Crippen LogP contribution in [0.4, 0.5) is 0 Å². The van der Waals surface area contributed by atoms with Gasteiger partial charge in [-0.05, 0) is 26.0 Å². The molecule has 1 aromatic rings. The van der Waals surface area contributed by atoms with Gasteiger partial charge in [-0.15, -0.1) is 23.7 Å². The van der Waals surface area contributed by atoms with Gasteiger partial charge < -0.3 is 10.2 Å². The Morgan fingerprint density at radius 2 is 2.15 bits per heavy atom. The molecule has 1 aromatic heterocycles. The number of hydrogen-bond acceptors (Lipinski definition) is 4. The zero-order valence-corrected chi connectivity index (χ0v) is 13.5. The van der Waals surface area contributed by atoms with Crippen LogP contribution in [0.2, 0.25) is 0 Å². The summed E-state index contributed by atoms with van der Waals surface area (Å²) in [5.41, 5.74) is 0. The van der Waals surface area contributed by atoms with Crippen LogP contribution in [0.15, 0.2) is 12.1 Å². The molecule has 0 aliphatic carbocycles. The van der Waals surface area contributed by atoms with E-state index in [-0.39, 0.29) is 24.1 Å². The first-order chi connectivity index (χ1) is 9.06. The van der Waals surface area contributed by atoms with E-state index in [4.69, 9.17) is 0 Å². The number of nitrogens with zero attached hydrogens (tertiary/aromatic N) is 1. The molecular weight excluding hydrogens is 296 g/mol. The van der Waals surface area contributed by atoms with E-state index >= 15 is 0 Å². The number of Topliss-reactive ketones (excluding diaryl/α,β-unsaturated/α-hetero) is 1. The van der Waals surface area contributed by atoms with Crippen molar-refractivity contribution in [2.45, 2.75) is 32.7 Å². The summed E-state index contributed by atoms with van der Waals surface area (Å²) in [5, 5.41) is 3.30. The van der Waals surface area contributed by atoms with Crippen molar-refractivity contribution in [3.63, 3.8) is 0 Å². The van der Waals surface area contributed by atoms with Gasteiger partial charge in [0.25, 0.3) is 0 Å². The lowest BCUT2D eigenvalue weighted by Gasteiger charge is -2.31. The number of aryl methyl sites for hydroxylation is 1. The summed E-state index contributed by atoms with van der Waals surface area (Å²) < 4.78 is 0. The molecule has 1 N–H and O–H groups in total. The molecule has 1 amide bonds. The molecule has 4 nitrogen and oxygen atoms in total. The maximum atomic E-state index is 12.0. The van der Waals surface area contributed by atoms with Crippen LogP contribution in [0.5, 0.6) is 0 Å². The molecule has 6 heteroatoms. The van der Waals surface area contributed by atoms with Crippen LogP contribution in [0.1, 0.15) is 34.3 Å². The van der Waals surface area contributed by atoms with E-state index < -0.39 is 0 Å². The van der Waals surface area contributed by atoms with Crippen LogP contribution in [0.25, 0.3) is 0 Å². The zero-order valence-electron chi connectivity index (χ0n) is 11.8. The van der Waals surface area contributed by atoms with Crippen molar-refractivity contribution in [3.05, 3.63) is 21.9 Å². The van der Waals surface area contributed by atoms with Gasteiger partial charge in [0.05, 0.1) is 4.88 Å². The highest BCUT2D eigenvalue weighted by Gasteiger charge is 2.21. The lowest BCUT2D eigenvalue weighted by molar-refractivity contribution is -0.132. The third kappa shape index (κ3) is 4.58. The standard InChI is InChI=1S/C14H20N2O2S.ClH/c1-10-9-16(8-7-15-10)14(18)6-4-12(17)13-5-3-11(2)19-13;/h3,5,10,15H,4,6-9H2,1-2H3;1H/t10-;/m1./s1. The first-order valence-corrected chi connectivity index (χ1v) is 7.48. The van der Waals surface area contributed by atoms with Crippen molar-refractivity contribution in [1.29, 1.82) is 0 Å². The number of piperazine rings is 1. The molecule has 2 rings (SSSR count). The summed E-state index contributed by atoms with van der Waals surface area (Å²) >= 11 is 1.50. The summed E-state index contributed by atoms with van der Waals surface area (Å²) in [4.78, 5) is 27.7. The SMILES string of the molecule is Cc1ccc(C(=O)CCC(=O)N2CCN[C@H](C)C2)s1.Cl. The molecule has 1 saturated heterocycles. The predicted octanol–water partition coefficient (Wildman–Crippen LogP) is 2.26. The number of carbonyl (C=O) groups is 2. The van der Waals surface area contributed by atoms with E-state index in [1.54, 1.807) is 0 Å². The van der Waals surface area contributed by atoms with Crippen LogP contribution in [-0.2, 0) is 4.79 Å². The third-order valence-electron chi connectivity index (χ3n) is 3.30. The average Bonchev–Trinajstić information content (AvgIpc) is 2.82. The minimum atomic E-state index is 0. The van der Waals surface area contributed by atoms with Gasteiger partial charge in [-0.3, -0.25) is 9.59 Å². The number of nitrogens with one attached hydrogen (secondary N) is 1. The summed E-state index contributed by atoms with van der Waals surface area (Å²) in [6.07, 6.45) is 0.638. The van der Waals surface area contributed by atoms with Gasteiger partial charge in [0.15, 0.2) is 5.78 Å². The lowest BCUT2D eigenvalue weighted by atomic mass is 10.1. The minimum Gasteiger partial charge on any atom is -0.340 e. The lowest BCUT2D eigenvalue weighted by Crippen LogP contribution is -2.51. The Morgan fingerprint density at radius 1 is 1.40 bits per heavy atom. The van der Waals surface area contributed by atoms with Gasteiger partial charge in [0, 0.05) is 43.4 Å². The molecule has 20 heavy (non-hydrogen) atoms. The van der Waals surface area contributed by atoms with Crippen molar-refractivity contribution in [2.75, 3.05) is 19.6 Å². The number of halogens is 1. The average molecular weight is 317 g/mol. The van der Waals surface area contributed by atoms with Crippen molar-refractivity contribution in [1.82, 2.24) is 10.2 Å². The smallest absolute Gasteiger partial charge is 0.223 e. The van der Waals surface area contributed by atoms with Gasteiger partial charge in [0.2, 0.25) is 5.91 Å². The number of amides is 1. The number of hydrogen-bond donors (Lipinski definition) is 1. The fourth-order valence-electron chi connectivity index (χ4n) is 2.25. The van der Waals surface area contributed by atoms with Crippen LogP contribution in [0, 0.1) is 6.92 Å². The van der Waals surface area contributed by atoms with Crippen LogP contribution in [-0.4, -0.2) is 42.3 Å². The normalized spacial score (nSPS) is 18.5. The number of rotatable bonds is 4. The monoisotopic (exact) mass is 316 g/mol. The van der Waals surface area contributed by atoms with Crippen molar-refractivity contribution in [3.8, 4) is 0 Å². The molecule has 1 aliphatic heterocycles. The fraction of sp³-hybridized carbons (Fsp3) is 0.571. The second kappa shape index (κ2) is 7.76. The Labute approximate surface area is 130 Å². The first kappa shape index (κ1) is 17.1. The zero-order chi connectivity index (χ0) is 13.8. The highest BCUT2D eigenvalue weighted by atomic mass is 35.5. The number of ketones is 1. The van der Waals surface area contributed by atoms with Crippen molar-refractivity contribution in [2.24, 2.45) is 0 Å². The summed E-state index contributed by atoms with van der Waals surface area (Å²) in [5.74, 6) is 0.171. The molecule has 0 unspecified atom stereocenters. The quantitative estimate of drug-likeness (QED) is 0.867. The van der Waals surface area contributed by atoms with Gasteiger partial charge in [-0.1, -0.05) is 0 Å². The van der Waals surface area contributed by atoms with Crippen LogP contribution >= 0.6 is 23.7 Å². The molecule has 112 valence electrons. The third-order valence-corrected chi connectivity index (χ3v) is 4.34. The Bertz CT molecular complexity index is 475. The number of thiophene rings is 1. The molecule has 0 saturated carbocycles. The van der Waals surface area contributed by atoms with Gasteiger partial charge in [-0.2, -0.15) is 0 Å². The molecule has 1 atom stereocenters. The molecule has 0 bridgehead atoms. The summed E-state index contributed by atoms with van der Waals surface area (Å²) in [7, 11) is 0. The molecule has 1 fully saturated rings. The summed E-state index contributed by atoms with van der Waals surface area (Å²) in [6, 6.07) is 4.13. The van der Waals surface area contributed by atoms with Gasteiger partial charge >= 0.3 is 0 Å². The maximum absolute atomic E-state index is 12.0.